The highest BCUT2D eigenvalue weighted by molar-refractivity contribution is 7.89. The molecule has 4 aromatic rings. The Morgan fingerprint density at radius 1 is 0.880 bits per heavy atom. The average Bonchev–Trinajstić information content (AvgIpc) is 3.92. The van der Waals surface area contributed by atoms with Gasteiger partial charge in [-0.1, -0.05) is 61.8 Å². The number of halogens is 5. The lowest BCUT2D eigenvalue weighted by atomic mass is 10.0. The van der Waals surface area contributed by atoms with E-state index in [2.05, 4.69) is 0 Å². The summed E-state index contributed by atoms with van der Waals surface area (Å²) < 4.78 is 89.6. The van der Waals surface area contributed by atoms with Crippen molar-refractivity contribution in [1.82, 2.24) is 4.31 Å². The highest BCUT2D eigenvalue weighted by Crippen LogP contribution is 2.40. The lowest BCUT2D eigenvalue weighted by Gasteiger charge is -2.36. The van der Waals surface area contributed by atoms with Crippen LogP contribution in [0.3, 0.4) is 0 Å². The number of carbonyl (C=O) groups excluding carboxylic acids is 1. The van der Waals surface area contributed by atoms with Crippen molar-refractivity contribution in [2.24, 2.45) is 5.92 Å². The van der Waals surface area contributed by atoms with Gasteiger partial charge in [0.2, 0.25) is 15.9 Å². The second kappa shape index (κ2) is 14.4. The fraction of sp³-hybridized carbons (Fsp3) is 0.278. The molecule has 0 saturated heterocycles. The number of hydrogen-bond donors (Lipinski definition) is 2. The minimum Gasteiger partial charge on any atom is -0.507 e. The largest absolute Gasteiger partial charge is 0.507 e. The maximum Gasteiger partial charge on any atom is 0.339 e. The van der Waals surface area contributed by atoms with Crippen molar-refractivity contribution >= 4 is 39.2 Å². The number of amides is 1. The van der Waals surface area contributed by atoms with E-state index in [9.17, 15) is 37.0 Å². The first-order valence-electron chi connectivity index (χ1n) is 15.6. The molecular formula is C36H33ClF4N2O6S. The zero-order valence-electron chi connectivity index (χ0n) is 27.1. The van der Waals surface area contributed by atoms with E-state index in [1.807, 2.05) is 12.1 Å². The van der Waals surface area contributed by atoms with Gasteiger partial charge in [0.25, 0.3) is 0 Å². The summed E-state index contributed by atoms with van der Waals surface area (Å²) in [5.74, 6) is -11.8. The SMILES string of the molecule is Cc1c(F)c(F)c(S(=O)(=O)N(Cc2ccc(Cl)cc2)[C@H](C(=O)N(Cc2cccc(C3CC3)c2)c2ccc(C(=O)O)c(O)c2)C(C)C)c(F)c1F. The van der Waals surface area contributed by atoms with Gasteiger partial charge in [-0.3, -0.25) is 4.79 Å². The molecule has 0 heterocycles. The van der Waals surface area contributed by atoms with Gasteiger partial charge in [-0.05, 0) is 72.6 Å². The molecule has 5 rings (SSSR count). The number of sulfonamides is 1. The molecular weight excluding hydrogens is 700 g/mol. The minimum atomic E-state index is -5.55. The number of nitrogens with zero attached hydrogens (tertiary/aromatic N) is 2. The third-order valence-electron chi connectivity index (χ3n) is 8.59. The quantitative estimate of drug-likeness (QED) is 0.113. The molecule has 2 N–H and O–H groups in total. The van der Waals surface area contributed by atoms with Gasteiger partial charge in [0.15, 0.2) is 28.2 Å². The molecule has 0 bridgehead atoms. The Balaban J connectivity index is 1.70. The number of carbonyl (C=O) groups is 2. The molecule has 1 aliphatic carbocycles. The number of carboxylic acids is 1. The molecule has 0 spiro atoms. The molecule has 1 aliphatic rings. The zero-order valence-corrected chi connectivity index (χ0v) is 28.7. The van der Waals surface area contributed by atoms with Crippen LogP contribution in [0, 0.1) is 36.1 Å². The number of benzene rings is 4. The molecule has 50 heavy (non-hydrogen) atoms. The van der Waals surface area contributed by atoms with Gasteiger partial charge < -0.3 is 15.1 Å². The number of aromatic hydroxyl groups is 1. The Kier molecular flexibility index (Phi) is 10.6. The van der Waals surface area contributed by atoms with Gasteiger partial charge in [-0.25, -0.2) is 30.8 Å². The van der Waals surface area contributed by atoms with Crippen LogP contribution in [-0.2, 0) is 27.9 Å². The fourth-order valence-corrected chi connectivity index (χ4v) is 7.72. The van der Waals surface area contributed by atoms with Crippen LogP contribution in [0.25, 0.3) is 0 Å². The van der Waals surface area contributed by atoms with Crippen LogP contribution < -0.4 is 4.90 Å². The van der Waals surface area contributed by atoms with Gasteiger partial charge >= 0.3 is 5.97 Å². The maximum absolute atomic E-state index is 15.4. The maximum atomic E-state index is 15.4. The smallest absolute Gasteiger partial charge is 0.339 e. The first-order valence-corrected chi connectivity index (χ1v) is 17.4. The standard InChI is InChI=1S/C36H33ClF4N2O6S/c1-19(2)33(43(18-21-7-11-25(37)12-8-21)50(48,49)34-31(40)29(38)20(3)30(39)32(34)41)35(45)42(26-13-14-27(36(46)47)28(44)16-26)17-22-5-4-6-24(15-22)23-9-10-23/h4-8,11-16,19,23,33,44H,9-10,17-18H2,1-3H3,(H,46,47)/t33-/m0/s1. The van der Waals surface area contributed by atoms with Crippen molar-refractivity contribution in [2.75, 3.05) is 4.90 Å². The molecule has 1 amide bonds. The van der Waals surface area contributed by atoms with Crippen LogP contribution in [0.1, 0.15) is 65.2 Å². The summed E-state index contributed by atoms with van der Waals surface area (Å²) >= 11 is 6.02. The first-order chi connectivity index (χ1) is 23.5. The van der Waals surface area contributed by atoms with E-state index in [4.69, 9.17) is 11.6 Å². The average molecular weight is 733 g/mol. The predicted octanol–water partition coefficient (Wildman–Crippen LogP) is 7.93. The second-order valence-corrected chi connectivity index (χ2v) is 14.8. The summed E-state index contributed by atoms with van der Waals surface area (Å²) in [7, 11) is -5.55. The number of phenols is 1. The summed E-state index contributed by atoms with van der Waals surface area (Å²) in [4.78, 5) is 25.7. The molecule has 1 saturated carbocycles. The molecule has 0 aliphatic heterocycles. The van der Waals surface area contributed by atoms with Crippen molar-refractivity contribution in [1.29, 1.82) is 0 Å². The third kappa shape index (κ3) is 7.35. The lowest BCUT2D eigenvalue weighted by Crippen LogP contribution is -2.53. The van der Waals surface area contributed by atoms with E-state index in [0.29, 0.717) is 15.8 Å². The van der Waals surface area contributed by atoms with E-state index in [1.165, 1.54) is 44.2 Å². The second-order valence-electron chi connectivity index (χ2n) is 12.5. The molecule has 14 heteroatoms. The Morgan fingerprint density at radius 3 is 2.04 bits per heavy atom. The predicted molar refractivity (Wildman–Crippen MR) is 178 cm³/mol. The fourth-order valence-electron chi connectivity index (χ4n) is 5.78. The minimum absolute atomic E-state index is 0.0198. The van der Waals surface area contributed by atoms with E-state index >= 15 is 8.78 Å². The van der Waals surface area contributed by atoms with Gasteiger partial charge in [-0.15, -0.1) is 0 Å². The lowest BCUT2D eigenvalue weighted by molar-refractivity contribution is -0.123. The van der Waals surface area contributed by atoms with E-state index < -0.39 is 85.4 Å². The van der Waals surface area contributed by atoms with Gasteiger partial charge in [0, 0.05) is 28.9 Å². The van der Waals surface area contributed by atoms with Crippen LogP contribution in [-0.4, -0.2) is 40.9 Å². The van der Waals surface area contributed by atoms with E-state index in [0.717, 1.165) is 42.4 Å². The molecule has 0 radical (unpaired) electrons. The van der Waals surface area contributed by atoms with Gasteiger partial charge in [0.05, 0.1) is 6.54 Å². The van der Waals surface area contributed by atoms with Crippen molar-refractivity contribution in [3.63, 3.8) is 0 Å². The molecule has 0 aromatic heterocycles. The molecule has 0 unspecified atom stereocenters. The van der Waals surface area contributed by atoms with Gasteiger partial charge in [-0.2, -0.15) is 4.31 Å². The van der Waals surface area contributed by atoms with Crippen LogP contribution in [0.2, 0.25) is 5.02 Å². The summed E-state index contributed by atoms with van der Waals surface area (Å²) in [5, 5.41) is 20.3. The molecule has 1 atom stereocenters. The summed E-state index contributed by atoms with van der Waals surface area (Å²) in [5.41, 5.74) is 0.299. The number of anilines is 1. The highest BCUT2D eigenvalue weighted by atomic mass is 35.5. The number of aromatic carboxylic acids is 1. The normalized spacial score (nSPS) is 13.9. The number of hydrogen-bond acceptors (Lipinski definition) is 5. The zero-order chi connectivity index (χ0) is 36.7. The molecule has 4 aromatic carbocycles. The topological polar surface area (TPSA) is 115 Å². The van der Waals surface area contributed by atoms with Crippen molar-refractivity contribution in [3.05, 3.63) is 123 Å². The highest BCUT2D eigenvalue weighted by Gasteiger charge is 2.44. The summed E-state index contributed by atoms with van der Waals surface area (Å²) in [6.07, 6.45) is 1.97. The summed E-state index contributed by atoms with van der Waals surface area (Å²) in [6, 6.07) is 14.6. The Morgan fingerprint density at radius 2 is 1.50 bits per heavy atom. The van der Waals surface area contributed by atoms with Crippen molar-refractivity contribution < 1.29 is 45.8 Å². The van der Waals surface area contributed by atoms with Crippen molar-refractivity contribution in [3.8, 4) is 5.75 Å². The Bertz CT molecular complexity index is 2040. The monoisotopic (exact) mass is 732 g/mol. The Hall–Kier alpha value is -4.46. The first kappa shape index (κ1) is 36.8. The third-order valence-corrected chi connectivity index (χ3v) is 10.7. The van der Waals surface area contributed by atoms with Crippen molar-refractivity contribution in [2.45, 2.75) is 63.6 Å². The van der Waals surface area contributed by atoms with Crippen LogP contribution >= 0.6 is 11.6 Å². The van der Waals surface area contributed by atoms with Crippen LogP contribution in [0.4, 0.5) is 23.2 Å². The van der Waals surface area contributed by atoms with Crippen LogP contribution in [0.15, 0.2) is 71.6 Å². The van der Waals surface area contributed by atoms with E-state index in [-0.39, 0.29) is 22.8 Å². The van der Waals surface area contributed by atoms with E-state index in [1.54, 1.807) is 12.1 Å². The molecule has 264 valence electrons. The Labute approximate surface area is 291 Å². The summed E-state index contributed by atoms with van der Waals surface area (Å²) in [6.45, 7) is 2.83. The number of carboxylic acid groups (broad SMARTS) is 1. The van der Waals surface area contributed by atoms with Crippen LogP contribution in [0.5, 0.6) is 5.75 Å². The molecule has 1 fully saturated rings. The molecule has 8 nitrogen and oxygen atoms in total. The number of rotatable bonds is 12. The van der Waals surface area contributed by atoms with Gasteiger partial charge in [0.1, 0.15) is 17.4 Å².